The Labute approximate surface area is 180 Å². The standard InChI is InChI=1S/C22H35ClFN3O2/c1-7-20(21(24)13-18(5)28-6)22(16-25-8-2)27-19(11-10-12-29-9-3)15-26-17(4)14-23/h13,15-16,26H,4,7-12,14H2,1-3,5-6H3/b18-13+,19-15-,21-20?,25-16?,27-22?. The van der Waals surface area contributed by atoms with E-state index in [-0.39, 0.29) is 11.7 Å². The van der Waals surface area contributed by atoms with Crippen LogP contribution in [-0.2, 0) is 9.47 Å². The molecule has 0 saturated heterocycles. The van der Waals surface area contributed by atoms with Crippen molar-refractivity contribution >= 4 is 23.5 Å². The van der Waals surface area contributed by atoms with Crippen LogP contribution in [0.3, 0.4) is 0 Å². The summed E-state index contributed by atoms with van der Waals surface area (Å²) in [4.78, 5) is 8.98. The molecular formula is C22H35ClFN3O2. The maximum atomic E-state index is 14.8. The second-order valence-electron chi connectivity index (χ2n) is 6.08. The van der Waals surface area contributed by atoms with Gasteiger partial charge in [-0.3, -0.25) is 4.99 Å². The van der Waals surface area contributed by atoms with Gasteiger partial charge in [-0.25, -0.2) is 9.38 Å². The first-order chi connectivity index (χ1) is 13.9. The molecule has 0 bridgehead atoms. The number of methoxy groups -OCH3 is 1. The molecule has 0 spiro atoms. The minimum absolute atomic E-state index is 0.284. The SMILES string of the molecule is C=C(CCl)N/C=C(/CCCOCC)N=C(C=NCC)C(CC)=C(F)/C=C(\C)OC. The number of rotatable bonds is 15. The number of allylic oxidation sites excluding steroid dienone is 6. The molecule has 0 aliphatic carbocycles. The number of aliphatic imine (C=N–C) groups is 2. The van der Waals surface area contributed by atoms with Gasteiger partial charge >= 0.3 is 0 Å². The van der Waals surface area contributed by atoms with E-state index in [1.165, 1.54) is 13.2 Å². The van der Waals surface area contributed by atoms with Crippen molar-refractivity contribution in [1.82, 2.24) is 5.32 Å². The number of nitrogens with zero attached hydrogens (tertiary/aromatic N) is 2. The third kappa shape index (κ3) is 12.3. The first-order valence-electron chi connectivity index (χ1n) is 9.90. The lowest BCUT2D eigenvalue weighted by Gasteiger charge is -2.10. The lowest BCUT2D eigenvalue weighted by atomic mass is 10.1. The minimum atomic E-state index is -0.389. The molecule has 0 saturated carbocycles. The number of hydrogen-bond acceptors (Lipinski definition) is 5. The van der Waals surface area contributed by atoms with Gasteiger partial charge in [0.2, 0.25) is 0 Å². The van der Waals surface area contributed by atoms with Crippen molar-refractivity contribution in [2.24, 2.45) is 9.98 Å². The van der Waals surface area contributed by atoms with Crippen molar-refractivity contribution in [2.75, 3.05) is 32.7 Å². The highest BCUT2D eigenvalue weighted by molar-refractivity contribution is 6.38. The Hall–Kier alpha value is -1.92. The summed E-state index contributed by atoms with van der Waals surface area (Å²) in [5.74, 6) is 0.375. The minimum Gasteiger partial charge on any atom is -0.501 e. The maximum Gasteiger partial charge on any atom is 0.131 e. The molecule has 0 rings (SSSR count). The molecule has 0 heterocycles. The lowest BCUT2D eigenvalue weighted by Crippen LogP contribution is -2.10. The zero-order valence-electron chi connectivity index (χ0n) is 18.4. The molecule has 0 aliphatic rings. The first-order valence-corrected chi connectivity index (χ1v) is 10.4. The Kier molecular flexibility index (Phi) is 15.9. The molecule has 164 valence electrons. The zero-order chi connectivity index (χ0) is 22.1. The fourth-order valence-corrected chi connectivity index (χ4v) is 2.26. The fraction of sp³-hybridized carbons (Fsp3) is 0.545. The second kappa shape index (κ2) is 17.0. The van der Waals surface area contributed by atoms with E-state index in [4.69, 9.17) is 26.1 Å². The van der Waals surface area contributed by atoms with Crippen molar-refractivity contribution in [1.29, 1.82) is 0 Å². The topological polar surface area (TPSA) is 55.2 Å². The van der Waals surface area contributed by atoms with Crippen molar-refractivity contribution in [3.8, 4) is 0 Å². The molecule has 5 nitrogen and oxygen atoms in total. The van der Waals surface area contributed by atoms with Gasteiger partial charge in [-0.2, -0.15) is 0 Å². The molecule has 0 aromatic heterocycles. The van der Waals surface area contributed by atoms with Crippen molar-refractivity contribution < 1.29 is 13.9 Å². The van der Waals surface area contributed by atoms with Gasteiger partial charge in [-0.15, -0.1) is 11.6 Å². The largest absolute Gasteiger partial charge is 0.501 e. The van der Waals surface area contributed by atoms with Crippen molar-refractivity contribution in [2.45, 2.75) is 47.0 Å². The molecule has 29 heavy (non-hydrogen) atoms. The summed E-state index contributed by atoms with van der Waals surface area (Å²) >= 11 is 5.79. The van der Waals surface area contributed by atoms with E-state index in [0.717, 1.165) is 12.1 Å². The zero-order valence-corrected chi connectivity index (χ0v) is 19.1. The Bertz CT molecular complexity index is 652. The van der Waals surface area contributed by atoms with Crippen LogP contribution in [0.25, 0.3) is 0 Å². The van der Waals surface area contributed by atoms with Crippen LogP contribution in [-0.4, -0.2) is 44.7 Å². The highest BCUT2D eigenvalue weighted by Crippen LogP contribution is 2.18. The summed E-state index contributed by atoms with van der Waals surface area (Å²) in [5, 5.41) is 3.04. The average molecular weight is 428 g/mol. The number of nitrogens with one attached hydrogen (secondary N) is 1. The molecule has 0 aromatic carbocycles. The smallest absolute Gasteiger partial charge is 0.131 e. The first kappa shape index (κ1) is 27.1. The monoisotopic (exact) mass is 427 g/mol. The highest BCUT2D eigenvalue weighted by atomic mass is 35.5. The van der Waals surface area contributed by atoms with Crippen molar-refractivity contribution in [3.63, 3.8) is 0 Å². The number of hydrogen-bond donors (Lipinski definition) is 1. The van der Waals surface area contributed by atoms with Gasteiger partial charge in [0, 0.05) is 49.5 Å². The third-order valence-corrected chi connectivity index (χ3v) is 4.12. The predicted octanol–water partition coefficient (Wildman–Crippen LogP) is 5.70. The molecule has 0 atom stereocenters. The van der Waals surface area contributed by atoms with Crippen LogP contribution in [0.1, 0.15) is 47.0 Å². The molecule has 0 unspecified atom stereocenters. The van der Waals surface area contributed by atoms with E-state index in [2.05, 4.69) is 16.9 Å². The summed E-state index contributed by atoms with van der Waals surface area (Å²) < 4.78 is 25.3. The molecule has 0 amide bonds. The second-order valence-corrected chi connectivity index (χ2v) is 6.35. The predicted molar refractivity (Wildman–Crippen MR) is 122 cm³/mol. The van der Waals surface area contributed by atoms with E-state index in [0.29, 0.717) is 55.3 Å². The Morgan fingerprint density at radius 3 is 2.55 bits per heavy atom. The molecule has 7 heteroatoms. The summed E-state index contributed by atoms with van der Waals surface area (Å²) in [6.45, 7) is 13.1. The van der Waals surface area contributed by atoms with E-state index in [1.807, 2.05) is 20.8 Å². The van der Waals surface area contributed by atoms with Gasteiger partial charge in [0.15, 0.2) is 0 Å². The molecular weight excluding hydrogens is 393 g/mol. The van der Waals surface area contributed by atoms with E-state index in [1.54, 1.807) is 19.3 Å². The van der Waals surface area contributed by atoms with Gasteiger partial charge in [0.25, 0.3) is 0 Å². The molecule has 0 radical (unpaired) electrons. The summed E-state index contributed by atoms with van der Waals surface area (Å²) in [6, 6.07) is 0. The van der Waals surface area contributed by atoms with E-state index in [9.17, 15) is 4.39 Å². The van der Waals surface area contributed by atoms with E-state index >= 15 is 0 Å². The summed E-state index contributed by atoms with van der Waals surface area (Å²) in [7, 11) is 1.51. The molecule has 0 fully saturated rings. The van der Waals surface area contributed by atoms with Gasteiger partial charge in [0.05, 0.1) is 30.2 Å². The van der Waals surface area contributed by atoms with Crippen molar-refractivity contribution in [3.05, 3.63) is 47.4 Å². The third-order valence-electron chi connectivity index (χ3n) is 3.79. The van der Waals surface area contributed by atoms with Gasteiger partial charge < -0.3 is 14.8 Å². The van der Waals surface area contributed by atoms with Crippen LogP contribution in [0.4, 0.5) is 4.39 Å². The van der Waals surface area contributed by atoms with Crippen LogP contribution in [0.2, 0.25) is 0 Å². The Morgan fingerprint density at radius 2 is 2.00 bits per heavy atom. The van der Waals surface area contributed by atoms with Gasteiger partial charge in [0.1, 0.15) is 5.83 Å². The van der Waals surface area contributed by atoms with Crippen LogP contribution in [0.5, 0.6) is 0 Å². The molecule has 0 aliphatic heterocycles. The quantitative estimate of drug-likeness (QED) is 0.120. The molecule has 1 N–H and O–H groups in total. The fourth-order valence-electron chi connectivity index (χ4n) is 2.19. The highest BCUT2D eigenvalue weighted by Gasteiger charge is 2.11. The van der Waals surface area contributed by atoms with Crippen LogP contribution < -0.4 is 5.32 Å². The van der Waals surface area contributed by atoms with Crippen LogP contribution >= 0.6 is 11.6 Å². The summed E-state index contributed by atoms with van der Waals surface area (Å²) in [5.41, 5.74) is 2.34. The van der Waals surface area contributed by atoms with Crippen LogP contribution in [0, 0.1) is 0 Å². The van der Waals surface area contributed by atoms with Crippen LogP contribution in [0.15, 0.2) is 57.4 Å². The number of ether oxygens (including phenoxy) is 2. The summed E-state index contributed by atoms with van der Waals surface area (Å²) in [6.07, 6.45) is 6.62. The Morgan fingerprint density at radius 1 is 1.28 bits per heavy atom. The van der Waals surface area contributed by atoms with Gasteiger partial charge in [-0.1, -0.05) is 13.5 Å². The number of halogens is 2. The maximum absolute atomic E-state index is 14.8. The molecule has 0 aromatic rings. The lowest BCUT2D eigenvalue weighted by molar-refractivity contribution is 0.145. The van der Waals surface area contributed by atoms with Gasteiger partial charge in [-0.05, 0) is 40.0 Å². The average Bonchev–Trinajstić information content (AvgIpc) is 2.72. The number of alkyl halides is 1. The van der Waals surface area contributed by atoms with E-state index < -0.39 is 0 Å². The normalized spacial score (nSPS) is 14.2. The Balaban J connectivity index is 6.04.